The predicted octanol–water partition coefficient (Wildman–Crippen LogP) is 5.36. The third-order valence-electron chi connectivity index (χ3n) is 7.45. The Morgan fingerprint density at radius 1 is 0.850 bits per heavy atom. The minimum atomic E-state index is -4.00. The molecule has 1 atom stereocenters. The molecule has 1 saturated heterocycles. The van der Waals surface area contributed by atoms with E-state index in [1.54, 1.807) is 42.3 Å². The van der Waals surface area contributed by atoms with Crippen LogP contribution in [0.5, 0.6) is 23.0 Å². The molecule has 0 aromatic heterocycles. The van der Waals surface area contributed by atoms with Crippen molar-refractivity contribution >= 4 is 27.3 Å². The lowest BCUT2D eigenvalue weighted by Crippen LogP contribution is -2.24. The molecule has 1 N–H and O–H groups in total. The van der Waals surface area contributed by atoms with Crippen molar-refractivity contribution in [2.75, 3.05) is 37.5 Å². The molecule has 0 spiro atoms. The number of ether oxygens (including phenoxy) is 4. The molecule has 1 aliphatic heterocycles. The number of carbonyl (C=O) groups excluding carboxylic acids is 1. The first-order valence-electron chi connectivity index (χ1n) is 13.3. The topological polar surface area (TPSA) is 103 Å². The van der Waals surface area contributed by atoms with Gasteiger partial charge in [-0.05, 0) is 73.7 Å². The number of rotatable bonds is 10. The summed E-state index contributed by atoms with van der Waals surface area (Å²) in [7, 11) is 0.495. The summed E-state index contributed by atoms with van der Waals surface area (Å²) in [5.41, 5.74) is 1.95. The molecule has 10 heteroatoms. The molecule has 212 valence electrons. The summed E-state index contributed by atoms with van der Waals surface area (Å²) in [4.78, 5) is 14.8. The van der Waals surface area contributed by atoms with E-state index in [9.17, 15) is 13.2 Å². The van der Waals surface area contributed by atoms with Crippen molar-refractivity contribution in [3.8, 4) is 23.0 Å². The van der Waals surface area contributed by atoms with Crippen LogP contribution in [0.25, 0.3) is 0 Å². The fourth-order valence-corrected chi connectivity index (χ4v) is 6.58. The van der Waals surface area contributed by atoms with Crippen molar-refractivity contribution in [3.05, 3.63) is 66.2 Å². The van der Waals surface area contributed by atoms with Crippen molar-refractivity contribution in [1.82, 2.24) is 0 Å². The molecule has 1 aliphatic carbocycles. The quantitative estimate of drug-likeness (QED) is 0.353. The summed E-state index contributed by atoms with van der Waals surface area (Å²) in [5, 5.41) is 0. The van der Waals surface area contributed by atoms with Crippen LogP contribution < -0.4 is 28.6 Å². The predicted molar refractivity (Wildman–Crippen MR) is 152 cm³/mol. The highest BCUT2D eigenvalue weighted by atomic mass is 32.2. The SMILES string of the molecule is COc1ccc(OC)c(S(=O)(=O)Nc2cccc(N3C[C@@H](c4ccc(OC)c(OC5CCCC5)c4)CC3=O)c2)c1. The highest BCUT2D eigenvalue weighted by Gasteiger charge is 2.33. The van der Waals surface area contributed by atoms with Gasteiger partial charge in [-0.15, -0.1) is 0 Å². The average Bonchev–Trinajstić information content (AvgIpc) is 3.62. The van der Waals surface area contributed by atoms with Crippen molar-refractivity contribution in [1.29, 1.82) is 0 Å². The van der Waals surface area contributed by atoms with Crippen LogP contribution in [0.15, 0.2) is 65.6 Å². The lowest BCUT2D eigenvalue weighted by atomic mass is 9.98. The van der Waals surface area contributed by atoms with Gasteiger partial charge in [0.05, 0.1) is 33.1 Å². The standard InChI is InChI=1S/C30H34N2O7S/c1-36-25-12-14-27(38-3)29(18-25)40(34,35)31-22-7-6-8-23(17-22)32-19-21(16-30(32)33)20-11-13-26(37-2)28(15-20)39-24-9-4-5-10-24/h6-8,11-15,17-18,21,24,31H,4-5,9-10,16,19H2,1-3H3/t21-/m0/s1. The van der Waals surface area contributed by atoms with E-state index in [4.69, 9.17) is 18.9 Å². The fourth-order valence-electron chi connectivity index (χ4n) is 5.35. The smallest absolute Gasteiger partial charge is 0.265 e. The van der Waals surface area contributed by atoms with Crippen LogP contribution in [0.4, 0.5) is 11.4 Å². The van der Waals surface area contributed by atoms with Crippen molar-refractivity contribution in [2.24, 2.45) is 0 Å². The number of hydrogen-bond donors (Lipinski definition) is 1. The molecule has 0 radical (unpaired) electrons. The number of nitrogens with one attached hydrogen (secondary N) is 1. The Bertz CT molecular complexity index is 1490. The molecule has 3 aromatic rings. The van der Waals surface area contributed by atoms with Crippen molar-refractivity contribution in [2.45, 2.75) is 49.0 Å². The Morgan fingerprint density at radius 3 is 2.33 bits per heavy atom. The summed E-state index contributed by atoms with van der Waals surface area (Å²) in [6.07, 6.45) is 4.94. The second kappa shape index (κ2) is 11.7. The summed E-state index contributed by atoms with van der Waals surface area (Å²) >= 11 is 0. The number of hydrogen-bond acceptors (Lipinski definition) is 7. The molecule has 9 nitrogen and oxygen atoms in total. The van der Waals surface area contributed by atoms with Gasteiger partial charge in [0.25, 0.3) is 10.0 Å². The molecule has 0 bridgehead atoms. The van der Waals surface area contributed by atoms with E-state index in [1.807, 2.05) is 18.2 Å². The van der Waals surface area contributed by atoms with Gasteiger partial charge in [-0.3, -0.25) is 9.52 Å². The average molecular weight is 567 g/mol. The van der Waals surface area contributed by atoms with Gasteiger partial charge in [0.1, 0.15) is 16.4 Å². The van der Waals surface area contributed by atoms with Crippen LogP contribution in [-0.2, 0) is 14.8 Å². The maximum atomic E-state index is 13.2. The minimum Gasteiger partial charge on any atom is -0.497 e. The van der Waals surface area contributed by atoms with Crippen LogP contribution in [0, 0.1) is 0 Å². The van der Waals surface area contributed by atoms with Gasteiger partial charge in [0, 0.05) is 30.6 Å². The summed E-state index contributed by atoms with van der Waals surface area (Å²) in [6.45, 7) is 0.466. The summed E-state index contributed by atoms with van der Waals surface area (Å²) in [5.74, 6) is 1.91. The van der Waals surface area contributed by atoms with Crippen LogP contribution in [0.3, 0.4) is 0 Å². The zero-order chi connectivity index (χ0) is 28.3. The van der Waals surface area contributed by atoms with Gasteiger partial charge in [0.15, 0.2) is 11.5 Å². The van der Waals surface area contributed by atoms with Crippen LogP contribution in [-0.4, -0.2) is 48.3 Å². The Hall–Kier alpha value is -3.92. The summed E-state index contributed by atoms with van der Waals surface area (Å²) < 4.78 is 51.3. The normalized spacial score (nSPS) is 17.6. The van der Waals surface area contributed by atoms with Crippen molar-refractivity contribution in [3.63, 3.8) is 0 Å². The Balaban J connectivity index is 1.35. The number of amides is 1. The van der Waals surface area contributed by atoms with E-state index in [0.29, 0.717) is 41.6 Å². The Labute approximate surface area is 235 Å². The monoisotopic (exact) mass is 566 g/mol. The Kier molecular flexibility index (Phi) is 8.07. The molecule has 2 fully saturated rings. The molecule has 5 rings (SSSR count). The maximum absolute atomic E-state index is 13.2. The summed E-state index contributed by atoms with van der Waals surface area (Å²) in [6, 6.07) is 17.3. The Morgan fingerprint density at radius 2 is 1.60 bits per heavy atom. The first-order chi connectivity index (χ1) is 19.3. The lowest BCUT2D eigenvalue weighted by Gasteiger charge is -2.20. The van der Waals surface area contributed by atoms with Crippen LogP contribution in [0.1, 0.15) is 43.6 Å². The fraction of sp³-hybridized carbons (Fsp3) is 0.367. The van der Waals surface area contributed by atoms with Gasteiger partial charge in [0.2, 0.25) is 5.91 Å². The first kappa shape index (κ1) is 27.6. The molecule has 1 heterocycles. The highest BCUT2D eigenvalue weighted by Crippen LogP contribution is 2.39. The van der Waals surface area contributed by atoms with Crippen molar-refractivity contribution < 1.29 is 32.2 Å². The molecule has 2 aliphatic rings. The largest absolute Gasteiger partial charge is 0.497 e. The molecule has 1 saturated carbocycles. The first-order valence-corrected chi connectivity index (χ1v) is 14.8. The van der Waals surface area contributed by atoms with Gasteiger partial charge in [-0.2, -0.15) is 0 Å². The highest BCUT2D eigenvalue weighted by molar-refractivity contribution is 7.92. The molecule has 1 amide bonds. The number of methoxy groups -OCH3 is 3. The number of carbonyl (C=O) groups is 1. The number of sulfonamides is 1. The van der Waals surface area contributed by atoms with Crippen LogP contribution >= 0.6 is 0 Å². The third-order valence-corrected chi connectivity index (χ3v) is 8.85. The van der Waals surface area contributed by atoms with E-state index >= 15 is 0 Å². The number of anilines is 2. The van der Waals surface area contributed by atoms with E-state index < -0.39 is 10.0 Å². The zero-order valence-corrected chi connectivity index (χ0v) is 23.7. The lowest BCUT2D eigenvalue weighted by molar-refractivity contribution is -0.117. The zero-order valence-electron chi connectivity index (χ0n) is 22.9. The molecule has 0 unspecified atom stereocenters. The second-order valence-corrected chi connectivity index (χ2v) is 11.7. The van der Waals surface area contributed by atoms with E-state index in [-0.39, 0.29) is 28.6 Å². The molecular weight excluding hydrogens is 532 g/mol. The molecule has 3 aromatic carbocycles. The van der Waals surface area contributed by atoms with E-state index in [0.717, 1.165) is 18.4 Å². The van der Waals surface area contributed by atoms with Gasteiger partial charge in [-0.25, -0.2) is 8.42 Å². The minimum absolute atomic E-state index is 0.0337. The second-order valence-electron chi connectivity index (χ2n) is 10.0. The van der Waals surface area contributed by atoms with E-state index in [2.05, 4.69) is 4.72 Å². The van der Waals surface area contributed by atoms with Gasteiger partial charge < -0.3 is 23.8 Å². The van der Waals surface area contributed by atoms with Gasteiger partial charge >= 0.3 is 0 Å². The van der Waals surface area contributed by atoms with Gasteiger partial charge in [-0.1, -0.05) is 12.1 Å². The molecule has 40 heavy (non-hydrogen) atoms. The van der Waals surface area contributed by atoms with Crippen LogP contribution in [0.2, 0.25) is 0 Å². The van der Waals surface area contributed by atoms with E-state index in [1.165, 1.54) is 39.2 Å². The molecular formula is C30H34N2O7S. The number of benzene rings is 3. The maximum Gasteiger partial charge on any atom is 0.265 e. The number of nitrogens with zero attached hydrogens (tertiary/aromatic N) is 1. The third kappa shape index (κ3) is 5.82.